The van der Waals surface area contributed by atoms with E-state index < -0.39 is 172 Å². The van der Waals surface area contributed by atoms with E-state index in [0.29, 0.717) is 75.0 Å². The van der Waals surface area contributed by atoms with Gasteiger partial charge in [0.1, 0.15) is 73.3 Å². The fourth-order valence-electron chi connectivity index (χ4n) is 13.0. The number of ether oxygens (including phenoxy) is 4. The highest BCUT2D eigenvalue weighted by atomic mass is 16.6. The average molecular weight is 1620 g/mol. The van der Waals surface area contributed by atoms with E-state index in [4.69, 9.17) is 65.8 Å². The predicted octanol–water partition coefficient (Wildman–Crippen LogP) is -6.13. The van der Waals surface area contributed by atoms with Crippen molar-refractivity contribution in [3.05, 3.63) is 77.4 Å². The van der Waals surface area contributed by atoms with Gasteiger partial charge >= 0.3 is 0 Å². The first-order valence-corrected chi connectivity index (χ1v) is 36.0. The quantitative estimate of drug-likeness (QED) is 0.00939. The van der Waals surface area contributed by atoms with Crippen LogP contribution in [0.25, 0.3) is 65.5 Å². The minimum absolute atomic E-state index is 0.0547. The molecule has 4 amide bonds. The fourth-order valence-corrected chi connectivity index (χ4v) is 13.0. The lowest BCUT2D eigenvalue weighted by Crippen LogP contribution is -2.53. The SMILES string of the molecule is C#CCC[C@H](N)C(=O)NC1[C@@H](CO)O[C@@H](n2cnc3c(N(C)C)ncnc32)[C@H]1O.C#CC[C@H](N)C(=O)NC1[C@@H](CO)O[C@@H](n2cnc3c(N(C)C)ncnc32)[C@H]1O.CN(C)c1ccnc2c1ncn2[C@@H]1O[C@H](CO)C(NC(=O)[C@@H](N)CCN=[N+]=[N-])[C@@H]1O.CN(C)c1ncnc2c1ncn2[C@@H]1O[C@H](CO)C(NC(=O)[C@@H](N)CN=[N+]=[N-])[C@@H]1O. The standard InChI is InChI=1S/C18H25N7O4.C17H25N9O4.C17H23N7O4.C15H22N10O4/c1-4-5-6-10(19)17(28)23-12-11(7-26)29-18(14(12)27)25-9-22-13-15(24(2)3)20-8-21-16(13)25;1-25(2)10-4-5-20-15-12(10)21-8-26(15)17-14(28)13(11(7-27)30-17)23-16(29)9(18)3-6-22-24-19;1-4-5-9(18)16(27)22-11-10(6-25)28-17(13(11)26)24-8-21-12-14(23(2)3)19-7-20-15(12)24;1-24(2)12-10-13(19-5-18-12)25(6-20-10)15-11(27)9(8(4-26)29-15)22-14(28)7(16)3-21-23-17/h1,8-12,14,18,26-27H,5-7,19H2,2-3H3,(H,23,28);4-5,8-9,11,13-14,17,27-28H,3,6-7,18H2,1-2H3,(H,23,29);1,7-11,13,17,25-26H,5-6,18H2,2-3H3,(H,22,27);5-9,11,15,26-27H,3-4,16H2,1-2H3,(H,22,28)/t10-,11+,12?,14-,18+;9-,11+,13?,14-,17+;9-,10+,11?,13-,17+;7-,8+,9?,11-,15+/m0000/s1. The molecule has 4 saturated heterocycles. The van der Waals surface area contributed by atoms with Gasteiger partial charge < -0.3 is 124 Å². The molecule has 116 heavy (non-hydrogen) atoms. The first kappa shape index (κ1) is 88.4. The molecule has 4 aliphatic rings. The van der Waals surface area contributed by atoms with Crippen molar-refractivity contribution in [3.8, 4) is 24.7 Å². The number of carbonyl (C=O) groups excluding carboxylic acids is 4. The molecular formula is C67H95N33O16. The van der Waals surface area contributed by atoms with E-state index in [9.17, 15) is 60.0 Å². The molecule has 12 rings (SSSR count). The van der Waals surface area contributed by atoms with Crippen LogP contribution in [-0.4, -0.2) is 331 Å². The van der Waals surface area contributed by atoms with Gasteiger partial charge in [0.25, 0.3) is 0 Å². The van der Waals surface area contributed by atoms with Crippen molar-refractivity contribution in [1.82, 2.24) is 94.4 Å². The fraction of sp³-hybridized carbons (Fsp3) is 0.567. The monoisotopic (exact) mass is 1620 g/mol. The van der Waals surface area contributed by atoms with E-state index in [1.54, 1.807) is 34.6 Å². The molecule has 8 aromatic rings. The number of azide groups is 2. The zero-order chi connectivity index (χ0) is 84.5. The molecule has 20 N–H and O–H groups in total. The Kier molecular flexibility index (Phi) is 30.6. The second kappa shape index (κ2) is 40.2. The summed E-state index contributed by atoms with van der Waals surface area (Å²) in [4.78, 5) is 109. The highest BCUT2D eigenvalue weighted by Gasteiger charge is 2.50. The molecule has 4 aliphatic heterocycles. The highest BCUT2D eigenvalue weighted by Crippen LogP contribution is 2.38. The van der Waals surface area contributed by atoms with Gasteiger partial charge in [-0.2, -0.15) is 0 Å². The lowest BCUT2D eigenvalue weighted by Gasteiger charge is -2.22. The van der Waals surface area contributed by atoms with E-state index in [-0.39, 0.29) is 25.9 Å². The van der Waals surface area contributed by atoms with Crippen molar-refractivity contribution < 1.29 is 79.0 Å². The van der Waals surface area contributed by atoms with Crippen LogP contribution in [0, 0.1) is 24.7 Å². The number of carbonyl (C=O) groups is 4. The molecular weight excluding hydrogens is 1520 g/mol. The number of nitrogens with one attached hydrogen (secondary N) is 4. The Bertz CT molecular complexity index is 4860. The Morgan fingerprint density at radius 2 is 0.802 bits per heavy atom. The number of hydrogen-bond acceptors (Lipinski definition) is 37. The molecule has 8 aromatic heterocycles. The van der Waals surface area contributed by atoms with Crippen LogP contribution in [0.4, 0.5) is 23.1 Å². The highest BCUT2D eigenvalue weighted by molar-refractivity contribution is 5.88. The van der Waals surface area contributed by atoms with Gasteiger partial charge in [-0.3, -0.25) is 37.4 Å². The van der Waals surface area contributed by atoms with Crippen molar-refractivity contribution in [2.24, 2.45) is 33.2 Å². The maximum Gasteiger partial charge on any atom is 0.238 e. The smallest absolute Gasteiger partial charge is 0.238 e. The van der Waals surface area contributed by atoms with E-state index >= 15 is 0 Å². The van der Waals surface area contributed by atoms with Crippen LogP contribution in [0.1, 0.15) is 50.6 Å². The Hall–Kier alpha value is -11.5. The van der Waals surface area contributed by atoms with Crippen LogP contribution in [0.3, 0.4) is 0 Å². The molecule has 20 atom stereocenters. The second-order valence-corrected chi connectivity index (χ2v) is 27.6. The molecule has 0 spiro atoms. The number of amides is 4. The number of aliphatic hydroxyl groups excluding tert-OH is 8. The summed E-state index contributed by atoms with van der Waals surface area (Å²) in [6, 6.07) is -5.51. The molecule has 4 unspecified atom stereocenters. The number of imidazole rings is 4. The first-order chi connectivity index (χ1) is 55.5. The summed E-state index contributed by atoms with van der Waals surface area (Å²) in [5.41, 5.74) is 44.6. The summed E-state index contributed by atoms with van der Waals surface area (Å²) in [7, 11) is 14.7. The third-order valence-corrected chi connectivity index (χ3v) is 19.0. The van der Waals surface area contributed by atoms with Gasteiger partial charge in [0.2, 0.25) is 23.6 Å². The zero-order valence-corrected chi connectivity index (χ0v) is 64.3. The normalized spacial score (nSPS) is 24.9. The van der Waals surface area contributed by atoms with Gasteiger partial charge in [0.05, 0.1) is 106 Å². The van der Waals surface area contributed by atoms with Crippen molar-refractivity contribution in [3.63, 3.8) is 0 Å². The molecule has 49 heteroatoms. The summed E-state index contributed by atoms with van der Waals surface area (Å²) in [6.45, 7) is -1.85. The maximum atomic E-state index is 12.4. The maximum absolute atomic E-state index is 12.4. The van der Waals surface area contributed by atoms with Crippen molar-refractivity contribution in [2.45, 2.75) is 148 Å². The third-order valence-electron chi connectivity index (χ3n) is 19.0. The molecule has 0 bridgehead atoms. The molecule has 0 radical (unpaired) electrons. The number of nitrogens with zero attached hydrogens (tertiary/aromatic N) is 25. The topological polar surface area (TPSA) is 691 Å². The van der Waals surface area contributed by atoms with Crippen LogP contribution < -0.4 is 63.8 Å². The number of aliphatic hydroxyl groups is 8. The molecule has 4 fully saturated rings. The largest absolute Gasteiger partial charge is 0.394 e. The lowest BCUT2D eigenvalue weighted by atomic mass is 10.1. The number of pyridine rings is 1. The summed E-state index contributed by atoms with van der Waals surface area (Å²) in [5, 5.41) is 99.0. The molecule has 0 saturated carbocycles. The summed E-state index contributed by atoms with van der Waals surface area (Å²) in [5.74, 6) is 4.38. The van der Waals surface area contributed by atoms with E-state index in [1.165, 1.54) is 48.9 Å². The van der Waals surface area contributed by atoms with Crippen LogP contribution >= 0.6 is 0 Å². The third kappa shape index (κ3) is 19.5. The van der Waals surface area contributed by atoms with E-state index in [2.05, 4.69) is 108 Å². The van der Waals surface area contributed by atoms with Crippen LogP contribution in [0.15, 0.2) is 66.8 Å². The number of fused-ring (bicyclic) bond motifs is 4. The molecule has 49 nitrogen and oxygen atoms in total. The molecule has 0 aromatic carbocycles. The summed E-state index contributed by atoms with van der Waals surface area (Å²) >= 11 is 0. The Morgan fingerprint density at radius 1 is 0.474 bits per heavy atom. The number of hydrogen-bond donors (Lipinski definition) is 16. The number of anilines is 4. The van der Waals surface area contributed by atoms with Crippen molar-refractivity contribution >= 4 is 91.4 Å². The van der Waals surface area contributed by atoms with Gasteiger partial charge in [0.15, 0.2) is 81.5 Å². The van der Waals surface area contributed by atoms with Gasteiger partial charge in [0, 0.05) is 98.3 Å². The Labute approximate surface area is 661 Å². The number of aromatic nitrogens is 15. The second-order valence-electron chi connectivity index (χ2n) is 27.6. The van der Waals surface area contributed by atoms with E-state index in [0.717, 1.165) is 5.69 Å². The van der Waals surface area contributed by atoms with Crippen LogP contribution in [0.2, 0.25) is 0 Å². The zero-order valence-electron chi connectivity index (χ0n) is 64.3. The van der Waals surface area contributed by atoms with Crippen molar-refractivity contribution in [1.29, 1.82) is 0 Å². The average Bonchev–Trinajstić information content (AvgIpc) is 1.63. The Morgan fingerprint density at radius 3 is 1.12 bits per heavy atom. The van der Waals surface area contributed by atoms with E-state index in [1.807, 2.05) is 67.3 Å². The number of terminal acetylenes is 2. The van der Waals surface area contributed by atoms with Crippen LogP contribution in [-0.2, 0) is 38.1 Å². The van der Waals surface area contributed by atoms with Gasteiger partial charge in [-0.25, -0.2) is 54.8 Å². The molecule has 12 heterocycles. The lowest BCUT2D eigenvalue weighted by molar-refractivity contribution is -0.125. The van der Waals surface area contributed by atoms with Gasteiger partial charge in [-0.15, -0.1) is 24.7 Å². The van der Waals surface area contributed by atoms with Crippen LogP contribution in [0.5, 0.6) is 0 Å². The predicted molar refractivity (Wildman–Crippen MR) is 413 cm³/mol. The van der Waals surface area contributed by atoms with Gasteiger partial charge in [-0.05, 0) is 30.0 Å². The number of rotatable bonds is 28. The number of nitrogens with two attached hydrogens (primary N) is 4. The summed E-state index contributed by atoms with van der Waals surface area (Å²) < 4.78 is 29.4. The summed E-state index contributed by atoms with van der Waals surface area (Å²) in [6.07, 6.45) is 11.1. The molecule has 0 aliphatic carbocycles. The van der Waals surface area contributed by atoms with Crippen molar-refractivity contribution in [2.75, 3.05) is 115 Å². The minimum atomic E-state index is -1.22. The molecule has 624 valence electrons. The Balaban J connectivity index is 0.000000177. The first-order valence-electron chi connectivity index (χ1n) is 36.0. The van der Waals surface area contributed by atoms with Gasteiger partial charge in [-0.1, -0.05) is 10.2 Å². The minimum Gasteiger partial charge on any atom is -0.394 e.